The fraction of sp³-hybridized carbons (Fsp3) is 0.533. The highest BCUT2D eigenvalue weighted by Crippen LogP contribution is 2.22. The first-order valence-electron chi connectivity index (χ1n) is 8.14. The van der Waals surface area contributed by atoms with Gasteiger partial charge in [0.05, 0.1) is 35.5 Å². The Hall–Kier alpha value is -2.96. The van der Waals surface area contributed by atoms with Crippen LogP contribution in [0, 0.1) is 29.9 Å². The molecule has 0 radical (unpaired) electrons. The zero-order valence-electron chi connectivity index (χ0n) is 15.4. The van der Waals surface area contributed by atoms with E-state index in [4.69, 9.17) is 0 Å². The fourth-order valence-corrected chi connectivity index (χ4v) is 2.49. The molecule has 2 heterocycles. The number of alkyl halides is 3. The highest BCUT2D eigenvalue weighted by Gasteiger charge is 2.27. The monoisotopic (exact) mass is 404 g/mol. The summed E-state index contributed by atoms with van der Waals surface area (Å²) in [6, 6.07) is 0. The number of amides is 1. The van der Waals surface area contributed by atoms with Gasteiger partial charge in [0.15, 0.2) is 0 Å². The van der Waals surface area contributed by atoms with E-state index in [1.54, 1.807) is 13.8 Å². The SMILES string of the molecule is Cc1nn(CC(C)C(=O)Nc2cnn(COCC(F)(F)F)c2)c(C)c1[N+](=O)[O-]. The molecule has 1 unspecified atom stereocenters. The normalized spacial score (nSPS) is 12.8. The van der Waals surface area contributed by atoms with E-state index in [0.717, 1.165) is 4.68 Å². The van der Waals surface area contributed by atoms with Gasteiger partial charge in [-0.3, -0.25) is 19.6 Å². The minimum Gasteiger partial charge on any atom is -0.350 e. The summed E-state index contributed by atoms with van der Waals surface area (Å²) < 4.78 is 43.1. The van der Waals surface area contributed by atoms with Crippen molar-refractivity contribution in [2.75, 3.05) is 11.9 Å². The summed E-state index contributed by atoms with van der Waals surface area (Å²) in [6.45, 7) is 2.99. The number of nitrogens with zero attached hydrogens (tertiary/aromatic N) is 5. The molecule has 0 saturated heterocycles. The first-order chi connectivity index (χ1) is 13.0. The summed E-state index contributed by atoms with van der Waals surface area (Å²) in [5, 5.41) is 21.5. The number of anilines is 1. The van der Waals surface area contributed by atoms with Crippen LogP contribution in [-0.2, 0) is 22.8 Å². The van der Waals surface area contributed by atoms with Gasteiger partial charge >= 0.3 is 11.9 Å². The Morgan fingerprint density at radius 2 is 2.11 bits per heavy atom. The van der Waals surface area contributed by atoms with Crippen LogP contribution >= 0.6 is 0 Å². The molecule has 0 fully saturated rings. The van der Waals surface area contributed by atoms with Gasteiger partial charge in [-0.25, -0.2) is 4.68 Å². The van der Waals surface area contributed by atoms with Crippen LogP contribution in [-0.4, -0.2) is 43.2 Å². The Bertz CT molecular complexity index is 861. The molecule has 1 N–H and O–H groups in total. The molecule has 1 amide bonds. The van der Waals surface area contributed by atoms with Crippen LogP contribution in [0.2, 0.25) is 0 Å². The zero-order chi connectivity index (χ0) is 21.1. The van der Waals surface area contributed by atoms with Crippen LogP contribution in [0.3, 0.4) is 0 Å². The van der Waals surface area contributed by atoms with E-state index in [2.05, 4.69) is 20.3 Å². The number of hydrogen-bond donors (Lipinski definition) is 1. The van der Waals surface area contributed by atoms with E-state index >= 15 is 0 Å². The minimum absolute atomic E-state index is 0.0901. The quantitative estimate of drug-likeness (QED) is 0.533. The molecule has 28 heavy (non-hydrogen) atoms. The first-order valence-corrected chi connectivity index (χ1v) is 8.14. The predicted octanol–water partition coefficient (Wildman–Crippen LogP) is 2.42. The maximum absolute atomic E-state index is 12.3. The molecule has 2 aromatic rings. The summed E-state index contributed by atoms with van der Waals surface area (Å²) in [5.74, 6) is -0.978. The van der Waals surface area contributed by atoms with Crippen molar-refractivity contribution in [2.45, 2.75) is 40.2 Å². The maximum atomic E-state index is 12.3. The summed E-state index contributed by atoms with van der Waals surface area (Å²) >= 11 is 0. The lowest BCUT2D eigenvalue weighted by atomic mass is 10.1. The van der Waals surface area contributed by atoms with Gasteiger partial charge in [-0.15, -0.1) is 0 Å². The van der Waals surface area contributed by atoms with E-state index in [0.29, 0.717) is 5.69 Å². The zero-order valence-corrected chi connectivity index (χ0v) is 15.4. The first kappa shape index (κ1) is 21.3. The Kier molecular flexibility index (Phi) is 6.38. The van der Waals surface area contributed by atoms with Crippen molar-refractivity contribution in [2.24, 2.45) is 5.92 Å². The van der Waals surface area contributed by atoms with Crippen molar-refractivity contribution in [3.05, 3.63) is 33.9 Å². The number of nitrogens with one attached hydrogen (secondary N) is 1. The third-order valence-corrected chi connectivity index (χ3v) is 3.81. The molecule has 154 valence electrons. The second-order valence-corrected chi connectivity index (χ2v) is 6.21. The lowest BCUT2D eigenvalue weighted by molar-refractivity contribution is -0.386. The van der Waals surface area contributed by atoms with Crippen molar-refractivity contribution in [1.82, 2.24) is 19.6 Å². The fourth-order valence-electron chi connectivity index (χ4n) is 2.49. The summed E-state index contributed by atoms with van der Waals surface area (Å²) in [4.78, 5) is 22.8. The lowest BCUT2D eigenvalue weighted by Gasteiger charge is -2.12. The van der Waals surface area contributed by atoms with Crippen molar-refractivity contribution in [3.63, 3.8) is 0 Å². The van der Waals surface area contributed by atoms with E-state index in [9.17, 15) is 28.1 Å². The average molecular weight is 404 g/mol. The van der Waals surface area contributed by atoms with Crippen LogP contribution < -0.4 is 5.32 Å². The highest BCUT2D eigenvalue weighted by molar-refractivity contribution is 5.91. The second-order valence-electron chi connectivity index (χ2n) is 6.21. The van der Waals surface area contributed by atoms with Gasteiger partial charge in [-0.05, 0) is 13.8 Å². The third-order valence-electron chi connectivity index (χ3n) is 3.81. The second kappa shape index (κ2) is 8.37. The van der Waals surface area contributed by atoms with Gasteiger partial charge in [0, 0.05) is 0 Å². The Morgan fingerprint density at radius 1 is 1.43 bits per heavy atom. The molecule has 1 atom stereocenters. The summed E-state index contributed by atoms with van der Waals surface area (Å²) in [5.41, 5.74) is 0.798. The van der Waals surface area contributed by atoms with Gasteiger partial charge in [0.25, 0.3) is 0 Å². The number of halogens is 3. The number of hydrogen-bond acceptors (Lipinski definition) is 6. The Balaban J connectivity index is 1.93. The lowest BCUT2D eigenvalue weighted by Crippen LogP contribution is -2.25. The van der Waals surface area contributed by atoms with E-state index < -0.39 is 36.3 Å². The van der Waals surface area contributed by atoms with Gasteiger partial charge in [-0.1, -0.05) is 6.92 Å². The van der Waals surface area contributed by atoms with Crippen molar-refractivity contribution in [3.8, 4) is 0 Å². The number of carbonyl (C=O) groups is 1. The number of carbonyl (C=O) groups excluding carboxylic acids is 1. The molecular formula is C15H19F3N6O4. The average Bonchev–Trinajstić information content (AvgIpc) is 3.10. The molecule has 0 bridgehead atoms. The molecule has 2 rings (SSSR count). The van der Waals surface area contributed by atoms with Gasteiger partial charge in [-0.2, -0.15) is 23.4 Å². The number of nitro groups is 1. The van der Waals surface area contributed by atoms with Gasteiger partial charge < -0.3 is 10.1 Å². The maximum Gasteiger partial charge on any atom is 0.411 e. The Labute approximate surface area is 157 Å². The standard InChI is InChI=1S/C15H19F3N6O4/c1-9(5-23-11(3)13(24(26)27)10(2)21-23)14(25)20-12-4-19-22(6-12)8-28-7-15(16,17)18/h4,6,9H,5,7-8H2,1-3H3,(H,20,25). The molecule has 0 aliphatic rings. The van der Waals surface area contributed by atoms with E-state index in [1.807, 2.05) is 0 Å². The number of ether oxygens (including phenoxy) is 1. The predicted molar refractivity (Wildman–Crippen MR) is 90.4 cm³/mol. The number of aromatic nitrogens is 4. The number of rotatable bonds is 8. The number of aryl methyl sites for hydroxylation is 1. The molecule has 2 aromatic heterocycles. The van der Waals surface area contributed by atoms with Crippen LogP contribution in [0.5, 0.6) is 0 Å². The van der Waals surface area contributed by atoms with Gasteiger partial charge in [0.1, 0.15) is 24.7 Å². The molecule has 13 heteroatoms. The highest BCUT2D eigenvalue weighted by atomic mass is 19.4. The molecular weight excluding hydrogens is 385 g/mol. The Morgan fingerprint density at radius 3 is 2.68 bits per heavy atom. The van der Waals surface area contributed by atoms with Crippen LogP contribution in [0.25, 0.3) is 0 Å². The van der Waals surface area contributed by atoms with Crippen LogP contribution in [0.1, 0.15) is 18.3 Å². The third kappa shape index (κ3) is 5.52. The van der Waals surface area contributed by atoms with Crippen LogP contribution in [0.4, 0.5) is 24.5 Å². The molecule has 10 nitrogen and oxygen atoms in total. The minimum atomic E-state index is -4.43. The van der Waals surface area contributed by atoms with Crippen molar-refractivity contribution < 1.29 is 27.6 Å². The van der Waals surface area contributed by atoms with Crippen molar-refractivity contribution >= 4 is 17.3 Å². The van der Waals surface area contributed by atoms with Crippen LogP contribution in [0.15, 0.2) is 12.4 Å². The summed E-state index contributed by atoms with van der Waals surface area (Å²) in [7, 11) is 0. The van der Waals surface area contributed by atoms with E-state index in [1.165, 1.54) is 24.0 Å². The smallest absolute Gasteiger partial charge is 0.350 e. The van der Waals surface area contributed by atoms with Gasteiger partial charge in [0.2, 0.25) is 5.91 Å². The largest absolute Gasteiger partial charge is 0.411 e. The molecule has 0 aliphatic carbocycles. The van der Waals surface area contributed by atoms with E-state index in [-0.39, 0.29) is 23.6 Å². The topological polar surface area (TPSA) is 117 Å². The molecule has 0 spiro atoms. The molecule has 0 aromatic carbocycles. The van der Waals surface area contributed by atoms with Crippen molar-refractivity contribution in [1.29, 1.82) is 0 Å². The molecule has 0 aliphatic heterocycles. The molecule has 0 saturated carbocycles. The summed E-state index contributed by atoms with van der Waals surface area (Å²) in [6.07, 6.45) is -1.83.